The van der Waals surface area contributed by atoms with E-state index in [0.29, 0.717) is 0 Å². The number of carboxylic acid groups (broad SMARTS) is 1. The van der Waals surface area contributed by atoms with Crippen LogP contribution in [0.3, 0.4) is 0 Å². The molecule has 0 aliphatic carbocycles. The Morgan fingerprint density at radius 2 is 2.00 bits per heavy atom. The van der Waals surface area contributed by atoms with Crippen LogP contribution < -0.4 is 24.0 Å². The van der Waals surface area contributed by atoms with Crippen LogP contribution in [-0.4, -0.2) is 42.7 Å². The number of ether oxygens (including phenoxy) is 1. The van der Waals surface area contributed by atoms with E-state index in [1.54, 1.807) is 0 Å². The van der Waals surface area contributed by atoms with Gasteiger partial charge in [0.05, 0.1) is 18.2 Å². The minimum Gasteiger partial charge on any atom is -0.549 e. The number of carboxylic acids is 1. The van der Waals surface area contributed by atoms with Crippen molar-refractivity contribution in [3.8, 4) is 0 Å². The molecule has 3 heterocycles. The smallest absolute Gasteiger partial charge is 0.549 e. The molecule has 62 valence electrons. The maximum Gasteiger partial charge on any atom is 1.00 e. The second-order valence-corrected chi connectivity index (χ2v) is 3.18. The molecule has 4 nitrogen and oxygen atoms in total. The summed E-state index contributed by atoms with van der Waals surface area (Å²) in [7, 11) is 0. The average Bonchev–Trinajstić information content (AvgIpc) is 1.83. The monoisotopic (exact) mass is 163 g/mol. The van der Waals surface area contributed by atoms with Gasteiger partial charge in [-0.15, -0.1) is 0 Å². The fourth-order valence-electron chi connectivity index (χ4n) is 1.75. The molecular weight excluding hydrogens is 153 g/mol. The molecule has 0 radical (unpaired) electrons. The van der Waals surface area contributed by atoms with Crippen molar-refractivity contribution in [2.45, 2.75) is 18.6 Å². The van der Waals surface area contributed by atoms with Crippen LogP contribution in [0.5, 0.6) is 0 Å². The van der Waals surface area contributed by atoms with Crippen LogP contribution in [0.2, 0.25) is 0 Å². The van der Waals surface area contributed by atoms with E-state index in [1.165, 1.54) is 0 Å². The minimum atomic E-state index is -0.994. The zero-order chi connectivity index (χ0) is 7.84. The Balaban J connectivity index is 0.000000720. The van der Waals surface area contributed by atoms with Gasteiger partial charge in [0.2, 0.25) is 0 Å². The van der Waals surface area contributed by atoms with Crippen molar-refractivity contribution >= 4 is 5.97 Å². The summed E-state index contributed by atoms with van der Waals surface area (Å²) in [6.45, 7) is 1.56. The number of piperidine rings is 1. The molecule has 0 aromatic carbocycles. The van der Waals surface area contributed by atoms with E-state index < -0.39 is 5.97 Å². The summed E-state index contributed by atoms with van der Waals surface area (Å²) in [5.41, 5.74) is 0. The maximum atomic E-state index is 10.2. The van der Waals surface area contributed by atoms with E-state index in [1.807, 2.05) is 4.90 Å². The Hall–Kier alpha value is -0.0126. The maximum absolute atomic E-state index is 10.2. The van der Waals surface area contributed by atoms with E-state index in [0.717, 1.165) is 19.5 Å². The molecule has 0 aromatic heterocycles. The van der Waals surface area contributed by atoms with E-state index in [9.17, 15) is 9.90 Å². The molecule has 0 spiro atoms. The molecule has 5 heteroatoms. The number of rotatable bonds is 2. The first kappa shape index (κ1) is 10.1. The normalized spacial score (nSPS) is 33.3. The van der Waals surface area contributed by atoms with Gasteiger partial charge in [0.25, 0.3) is 0 Å². The van der Waals surface area contributed by atoms with Gasteiger partial charge in [0, 0.05) is 26.1 Å². The van der Waals surface area contributed by atoms with Crippen molar-refractivity contribution in [2.24, 2.45) is 0 Å². The van der Waals surface area contributed by atoms with Gasteiger partial charge in [0.15, 0.2) is 0 Å². The molecule has 0 N–H and O–H groups in total. The van der Waals surface area contributed by atoms with Gasteiger partial charge in [-0.2, -0.15) is 0 Å². The molecule has 3 rings (SSSR count). The third kappa shape index (κ3) is 2.02. The SMILES string of the molecule is O=C([O-])CN1CC2CC(C1)O2.[Li+]. The van der Waals surface area contributed by atoms with Gasteiger partial charge in [-0.1, -0.05) is 0 Å². The molecule has 2 bridgehead atoms. The van der Waals surface area contributed by atoms with Crippen LogP contribution in [0.4, 0.5) is 0 Å². The number of hydrogen-bond acceptors (Lipinski definition) is 4. The quantitative estimate of drug-likeness (QED) is 0.383. The van der Waals surface area contributed by atoms with Crippen LogP contribution >= 0.6 is 0 Å². The number of carbonyl (C=O) groups excluding carboxylic acids is 1. The molecule has 3 saturated heterocycles. The second-order valence-electron chi connectivity index (χ2n) is 3.18. The average molecular weight is 163 g/mol. The predicted octanol–water partition coefficient (Wildman–Crippen LogP) is -4.79. The Bertz CT molecular complexity index is 171. The summed E-state index contributed by atoms with van der Waals surface area (Å²) in [5, 5.41) is 10.2. The Labute approximate surface area is 83.0 Å². The van der Waals surface area contributed by atoms with Crippen LogP contribution in [0.15, 0.2) is 0 Å². The van der Waals surface area contributed by atoms with Crippen molar-refractivity contribution < 1.29 is 33.5 Å². The van der Waals surface area contributed by atoms with E-state index >= 15 is 0 Å². The summed E-state index contributed by atoms with van der Waals surface area (Å²) >= 11 is 0. The molecule has 2 atom stereocenters. The first-order valence-electron chi connectivity index (χ1n) is 3.81. The summed E-state index contributed by atoms with van der Waals surface area (Å²) in [6.07, 6.45) is 1.67. The van der Waals surface area contributed by atoms with Crippen molar-refractivity contribution in [1.29, 1.82) is 0 Å². The standard InChI is InChI=1S/C7H11NO3.Li/c9-7(10)4-8-2-5-1-6(3-8)11-5;/h5-6H,1-4H2,(H,9,10);/q;+1/p-1. The van der Waals surface area contributed by atoms with Crippen molar-refractivity contribution in [2.75, 3.05) is 19.6 Å². The van der Waals surface area contributed by atoms with E-state index in [4.69, 9.17) is 4.74 Å². The van der Waals surface area contributed by atoms with Crippen molar-refractivity contribution in [1.82, 2.24) is 4.90 Å². The number of fused-ring (bicyclic) bond motifs is 2. The topological polar surface area (TPSA) is 52.6 Å². The first-order valence-corrected chi connectivity index (χ1v) is 3.81. The van der Waals surface area contributed by atoms with Crippen molar-refractivity contribution in [3.63, 3.8) is 0 Å². The zero-order valence-electron chi connectivity index (χ0n) is 7.16. The van der Waals surface area contributed by atoms with E-state index in [2.05, 4.69) is 0 Å². The summed E-state index contributed by atoms with van der Waals surface area (Å²) < 4.78 is 5.33. The summed E-state index contributed by atoms with van der Waals surface area (Å²) in [4.78, 5) is 12.1. The molecule has 2 unspecified atom stereocenters. The van der Waals surface area contributed by atoms with Gasteiger partial charge >= 0.3 is 18.9 Å². The van der Waals surface area contributed by atoms with Gasteiger partial charge in [-0.25, -0.2) is 0 Å². The largest absolute Gasteiger partial charge is 1.00 e. The molecule has 3 aliphatic rings. The summed E-state index contributed by atoms with van der Waals surface area (Å²) in [5.74, 6) is -0.994. The Morgan fingerprint density at radius 1 is 1.50 bits per heavy atom. The van der Waals surface area contributed by atoms with Gasteiger partial charge in [-0.05, 0) is 0 Å². The van der Waals surface area contributed by atoms with Crippen molar-refractivity contribution in [3.05, 3.63) is 0 Å². The molecule has 3 aliphatic heterocycles. The number of carbonyl (C=O) groups is 1. The third-order valence-electron chi connectivity index (χ3n) is 2.19. The molecule has 0 amide bonds. The first-order chi connectivity index (χ1) is 5.24. The van der Waals surface area contributed by atoms with Gasteiger partial charge in [0.1, 0.15) is 0 Å². The zero-order valence-corrected chi connectivity index (χ0v) is 7.16. The predicted molar refractivity (Wildman–Crippen MR) is 34.7 cm³/mol. The van der Waals surface area contributed by atoms with E-state index in [-0.39, 0.29) is 37.6 Å². The fraction of sp³-hybridized carbons (Fsp3) is 0.857. The molecule has 3 fully saturated rings. The Morgan fingerprint density at radius 3 is 2.42 bits per heavy atom. The fourth-order valence-corrected chi connectivity index (χ4v) is 1.75. The molecular formula is C7H10LiNO3. The van der Waals surface area contributed by atoms with Crippen LogP contribution in [0, 0.1) is 0 Å². The molecule has 0 saturated carbocycles. The Kier molecular flexibility index (Phi) is 3.19. The minimum absolute atomic E-state index is 0. The number of morpholine rings is 1. The van der Waals surface area contributed by atoms with Crippen LogP contribution in [0.25, 0.3) is 0 Å². The summed E-state index contributed by atoms with van der Waals surface area (Å²) in [6, 6.07) is 0. The third-order valence-corrected chi connectivity index (χ3v) is 2.19. The number of hydrogen-bond donors (Lipinski definition) is 0. The van der Waals surface area contributed by atoms with Gasteiger partial charge in [-0.3, -0.25) is 4.90 Å². The number of nitrogens with zero attached hydrogens (tertiary/aromatic N) is 1. The molecule has 12 heavy (non-hydrogen) atoms. The molecule has 0 aromatic rings. The van der Waals surface area contributed by atoms with Gasteiger partial charge < -0.3 is 14.6 Å². The second kappa shape index (κ2) is 3.80. The van der Waals surface area contributed by atoms with Crippen LogP contribution in [0.1, 0.15) is 6.42 Å². The van der Waals surface area contributed by atoms with Crippen LogP contribution in [-0.2, 0) is 9.53 Å². The number of aliphatic carboxylic acids is 1.